The summed E-state index contributed by atoms with van der Waals surface area (Å²) in [6.07, 6.45) is -4.80. The van der Waals surface area contributed by atoms with Crippen molar-refractivity contribution in [2.45, 2.75) is 95.6 Å². The molecule has 10 heteroatoms. The quantitative estimate of drug-likeness (QED) is 0.258. The Morgan fingerprint density at radius 3 is 2.44 bits per heavy atom. The Morgan fingerprint density at radius 2 is 1.91 bits per heavy atom. The molecule has 0 aliphatic carbocycles. The van der Waals surface area contributed by atoms with Gasteiger partial charge in [-0.05, 0) is 6.92 Å². The third-order valence-corrected chi connectivity index (χ3v) is 7.42. The van der Waals surface area contributed by atoms with Crippen LogP contribution in [0.2, 0.25) is 0 Å². The first-order valence-electron chi connectivity index (χ1n) is 11.7. The molecule has 4 N–H and O–H groups in total. The van der Waals surface area contributed by atoms with Crippen LogP contribution in [0.1, 0.15) is 47.0 Å². The zero-order valence-electron chi connectivity index (χ0n) is 21.4. The van der Waals surface area contributed by atoms with Crippen LogP contribution in [0.25, 0.3) is 0 Å². The van der Waals surface area contributed by atoms with Crippen molar-refractivity contribution in [1.29, 1.82) is 0 Å². The Balaban J connectivity index is 2.12. The maximum Gasteiger partial charge on any atom is 0.256 e. The normalized spacial score (nSPS) is 36.5. The van der Waals surface area contributed by atoms with Crippen molar-refractivity contribution >= 4 is 5.91 Å². The predicted molar refractivity (Wildman–Crippen MR) is 124 cm³/mol. The fourth-order valence-corrected chi connectivity index (χ4v) is 4.56. The third-order valence-electron chi connectivity index (χ3n) is 7.42. The van der Waals surface area contributed by atoms with Crippen LogP contribution in [0, 0.1) is 11.3 Å². The van der Waals surface area contributed by atoms with Crippen molar-refractivity contribution in [3.63, 3.8) is 0 Å². The number of rotatable bonds is 10. The van der Waals surface area contributed by atoms with Crippen LogP contribution in [-0.2, 0) is 28.5 Å². The molecular formula is C24H43NO9. The molecule has 0 spiro atoms. The molecule has 1 amide bonds. The van der Waals surface area contributed by atoms with E-state index in [0.717, 1.165) is 0 Å². The molecule has 10 nitrogen and oxygen atoms in total. The molecule has 2 heterocycles. The largest absolute Gasteiger partial charge is 0.392 e. The molecule has 2 aliphatic rings. The van der Waals surface area contributed by atoms with E-state index in [9.17, 15) is 20.1 Å². The maximum atomic E-state index is 12.9. The monoisotopic (exact) mass is 489 g/mol. The predicted octanol–water partition coefficient (Wildman–Crippen LogP) is 0.722. The number of carbonyl (C=O) groups excluding carboxylic acids is 1. The Labute approximate surface area is 202 Å². The molecule has 9 unspecified atom stereocenters. The maximum absolute atomic E-state index is 12.9. The zero-order chi connectivity index (χ0) is 25.8. The van der Waals surface area contributed by atoms with Crippen LogP contribution in [0.4, 0.5) is 0 Å². The molecule has 0 aromatic carbocycles. The van der Waals surface area contributed by atoms with Crippen molar-refractivity contribution in [2.75, 3.05) is 27.9 Å². The van der Waals surface area contributed by atoms with E-state index < -0.39 is 53.9 Å². The highest BCUT2D eigenvalue weighted by Crippen LogP contribution is 2.40. The van der Waals surface area contributed by atoms with Gasteiger partial charge in [0.1, 0.15) is 6.10 Å². The van der Waals surface area contributed by atoms with Gasteiger partial charge in [0.15, 0.2) is 12.3 Å². The summed E-state index contributed by atoms with van der Waals surface area (Å²) in [5.74, 6) is -3.00. The fourth-order valence-electron chi connectivity index (χ4n) is 4.56. The summed E-state index contributed by atoms with van der Waals surface area (Å²) < 4.78 is 28.0. The first-order valence-corrected chi connectivity index (χ1v) is 11.7. The van der Waals surface area contributed by atoms with Crippen LogP contribution in [0.3, 0.4) is 0 Å². The summed E-state index contributed by atoms with van der Waals surface area (Å²) in [4.78, 5) is 12.9. The minimum absolute atomic E-state index is 0.0197. The standard InChI is InChI=1S/C24H43NO9/c1-13-11-24(29,34-15(3)14(13)2)20(27)21(28)25-22(32-8)17-10-18(26)23(4,5)19(33-17)9-16(31-7)12-30-6/h14-20,22,26-27,29H,1,9-12H2,2-8H3,(H,25,28). The minimum atomic E-state index is -2.10. The molecule has 9 atom stereocenters. The van der Waals surface area contributed by atoms with Crippen molar-refractivity contribution in [1.82, 2.24) is 5.32 Å². The second-order valence-electron chi connectivity index (χ2n) is 10.1. The van der Waals surface area contributed by atoms with E-state index in [2.05, 4.69) is 11.9 Å². The fraction of sp³-hybridized carbons (Fsp3) is 0.875. The van der Waals surface area contributed by atoms with Gasteiger partial charge in [-0.3, -0.25) is 4.79 Å². The molecule has 2 aliphatic heterocycles. The molecule has 34 heavy (non-hydrogen) atoms. The topological polar surface area (TPSA) is 136 Å². The van der Waals surface area contributed by atoms with Crippen LogP contribution >= 0.6 is 0 Å². The molecule has 0 aromatic heterocycles. The van der Waals surface area contributed by atoms with Gasteiger partial charge in [-0.25, -0.2) is 0 Å². The third kappa shape index (κ3) is 6.36. The van der Waals surface area contributed by atoms with E-state index in [4.69, 9.17) is 23.7 Å². The average Bonchev–Trinajstić information content (AvgIpc) is 2.77. The van der Waals surface area contributed by atoms with Crippen LogP contribution in [0.5, 0.6) is 0 Å². The number of nitrogens with one attached hydrogen (secondary N) is 1. The summed E-state index contributed by atoms with van der Waals surface area (Å²) in [5.41, 5.74) is 0.102. The minimum Gasteiger partial charge on any atom is -0.392 e. The first-order chi connectivity index (χ1) is 15.8. The number of hydrogen-bond acceptors (Lipinski definition) is 9. The summed E-state index contributed by atoms with van der Waals surface area (Å²) in [6, 6.07) is 0. The molecule has 0 bridgehead atoms. The highest BCUT2D eigenvalue weighted by molar-refractivity contribution is 5.82. The first kappa shape index (κ1) is 29.1. The van der Waals surface area contributed by atoms with Crippen molar-refractivity contribution in [3.8, 4) is 0 Å². The Bertz CT molecular complexity index is 702. The smallest absolute Gasteiger partial charge is 0.256 e. The van der Waals surface area contributed by atoms with Crippen molar-refractivity contribution in [2.24, 2.45) is 11.3 Å². The van der Waals surface area contributed by atoms with Gasteiger partial charge in [0.05, 0.1) is 31.0 Å². The lowest BCUT2D eigenvalue weighted by atomic mass is 9.74. The lowest BCUT2D eigenvalue weighted by molar-refractivity contribution is -0.285. The number of aliphatic hydroxyl groups excluding tert-OH is 2. The van der Waals surface area contributed by atoms with E-state index >= 15 is 0 Å². The molecule has 0 saturated carbocycles. The molecule has 2 rings (SSSR count). The lowest BCUT2D eigenvalue weighted by Crippen LogP contribution is -2.62. The number of hydrogen-bond donors (Lipinski definition) is 4. The highest BCUT2D eigenvalue weighted by atomic mass is 16.6. The molecule has 198 valence electrons. The van der Waals surface area contributed by atoms with Gasteiger partial charge in [-0.2, -0.15) is 0 Å². The number of carbonyl (C=O) groups is 1. The van der Waals surface area contributed by atoms with E-state index in [1.165, 1.54) is 7.11 Å². The number of methoxy groups -OCH3 is 3. The van der Waals surface area contributed by atoms with E-state index in [-0.39, 0.29) is 24.9 Å². The number of aliphatic hydroxyl groups is 3. The summed E-state index contributed by atoms with van der Waals surface area (Å²) in [7, 11) is 4.56. The van der Waals surface area contributed by atoms with Gasteiger partial charge in [0.2, 0.25) is 5.79 Å². The summed E-state index contributed by atoms with van der Waals surface area (Å²) in [6.45, 7) is 11.8. The molecule has 2 saturated heterocycles. The zero-order valence-corrected chi connectivity index (χ0v) is 21.4. The van der Waals surface area contributed by atoms with E-state index in [1.807, 2.05) is 20.8 Å². The van der Waals surface area contributed by atoms with E-state index in [1.54, 1.807) is 21.1 Å². The van der Waals surface area contributed by atoms with Crippen LogP contribution in [-0.4, -0.2) is 97.8 Å². The average molecular weight is 490 g/mol. The Morgan fingerprint density at radius 1 is 1.26 bits per heavy atom. The molecule has 0 aromatic rings. The van der Waals surface area contributed by atoms with Crippen LogP contribution < -0.4 is 5.32 Å². The van der Waals surface area contributed by atoms with Gasteiger partial charge in [-0.1, -0.05) is 32.9 Å². The van der Waals surface area contributed by atoms with Gasteiger partial charge >= 0.3 is 0 Å². The SMILES string of the molecule is C=C1CC(O)(C(O)C(=O)NC(OC)C2CC(O)C(C)(C)C(CC(COC)OC)O2)OC(C)C1C. The Kier molecular flexibility index (Phi) is 10.1. The van der Waals surface area contributed by atoms with Gasteiger partial charge in [0, 0.05) is 51.9 Å². The van der Waals surface area contributed by atoms with Gasteiger partial charge in [0.25, 0.3) is 5.91 Å². The molecule has 2 fully saturated rings. The van der Waals surface area contributed by atoms with Crippen molar-refractivity contribution in [3.05, 3.63) is 12.2 Å². The second kappa shape index (κ2) is 11.7. The van der Waals surface area contributed by atoms with E-state index in [0.29, 0.717) is 18.6 Å². The second-order valence-corrected chi connectivity index (χ2v) is 10.1. The van der Waals surface area contributed by atoms with Crippen LogP contribution in [0.15, 0.2) is 12.2 Å². The molecule has 0 radical (unpaired) electrons. The lowest BCUT2D eigenvalue weighted by Gasteiger charge is -2.48. The van der Waals surface area contributed by atoms with Crippen molar-refractivity contribution < 1.29 is 43.8 Å². The molecular weight excluding hydrogens is 446 g/mol. The Hall–Kier alpha value is -1.11. The number of ether oxygens (including phenoxy) is 5. The van der Waals surface area contributed by atoms with Gasteiger partial charge in [-0.15, -0.1) is 0 Å². The number of amides is 1. The highest BCUT2D eigenvalue weighted by Gasteiger charge is 2.50. The van der Waals surface area contributed by atoms with Gasteiger partial charge < -0.3 is 44.3 Å². The summed E-state index contributed by atoms with van der Waals surface area (Å²) in [5, 5.41) is 35.0. The summed E-state index contributed by atoms with van der Waals surface area (Å²) >= 11 is 0.